The van der Waals surface area contributed by atoms with E-state index < -0.39 is 12.1 Å². The normalized spacial score (nSPS) is 12.5. The van der Waals surface area contributed by atoms with Crippen LogP contribution in [0.3, 0.4) is 0 Å². The van der Waals surface area contributed by atoms with E-state index in [2.05, 4.69) is 0 Å². The third kappa shape index (κ3) is 7.43. The number of rotatable bonds is 10. The zero-order chi connectivity index (χ0) is 26.9. The first-order valence-electron chi connectivity index (χ1n) is 12.0. The molecule has 2 amide bonds. The van der Waals surface area contributed by atoms with Crippen molar-refractivity contribution in [2.45, 2.75) is 18.4 Å². The van der Waals surface area contributed by atoms with Gasteiger partial charge in [0.1, 0.15) is 24.7 Å². The second kappa shape index (κ2) is 13.2. The standard InChI is InChI=1S/C28H27ClN2O6S/c1-2-35-27(33)18-30(28(34)37-23-7-5-6-21(29)16-23)17-20-10-12-22(13-11-20)36-15-14-31-24-8-3-4-9-25(24)38-19-26(31)32/h3-13,16H,2,14-15,17-19H2,1H3. The quantitative estimate of drug-likeness (QED) is 0.309. The van der Waals surface area contributed by atoms with Crippen molar-refractivity contribution in [3.63, 3.8) is 0 Å². The van der Waals surface area contributed by atoms with Crippen LogP contribution in [0.25, 0.3) is 0 Å². The van der Waals surface area contributed by atoms with Gasteiger partial charge in [-0.2, -0.15) is 0 Å². The van der Waals surface area contributed by atoms with Gasteiger partial charge in [0, 0.05) is 16.5 Å². The van der Waals surface area contributed by atoms with Crippen LogP contribution in [0.2, 0.25) is 5.02 Å². The van der Waals surface area contributed by atoms with E-state index >= 15 is 0 Å². The van der Waals surface area contributed by atoms with E-state index in [9.17, 15) is 14.4 Å². The van der Waals surface area contributed by atoms with Crippen LogP contribution in [0.5, 0.6) is 11.5 Å². The number of esters is 1. The van der Waals surface area contributed by atoms with Crippen molar-refractivity contribution in [3.05, 3.63) is 83.4 Å². The molecule has 8 nitrogen and oxygen atoms in total. The lowest BCUT2D eigenvalue weighted by molar-refractivity contribution is -0.144. The molecule has 3 aromatic carbocycles. The molecule has 0 atom stereocenters. The van der Waals surface area contributed by atoms with E-state index in [0.29, 0.717) is 29.7 Å². The van der Waals surface area contributed by atoms with Crippen LogP contribution in [0.1, 0.15) is 12.5 Å². The summed E-state index contributed by atoms with van der Waals surface area (Å²) < 4.78 is 16.3. The molecule has 0 spiro atoms. The van der Waals surface area contributed by atoms with Gasteiger partial charge in [-0.15, -0.1) is 11.8 Å². The Morgan fingerprint density at radius 2 is 1.82 bits per heavy atom. The van der Waals surface area contributed by atoms with Crippen LogP contribution in [0.4, 0.5) is 10.5 Å². The molecule has 0 saturated carbocycles. The number of carbonyl (C=O) groups excluding carboxylic acids is 3. The van der Waals surface area contributed by atoms with Crippen LogP contribution in [0.15, 0.2) is 77.7 Å². The predicted molar refractivity (Wildman–Crippen MR) is 146 cm³/mol. The minimum atomic E-state index is -0.703. The molecule has 1 aliphatic rings. The van der Waals surface area contributed by atoms with Crippen molar-refractivity contribution >= 4 is 47.0 Å². The van der Waals surface area contributed by atoms with Gasteiger partial charge in [0.2, 0.25) is 5.91 Å². The van der Waals surface area contributed by atoms with E-state index in [1.54, 1.807) is 66.1 Å². The van der Waals surface area contributed by atoms with Gasteiger partial charge in [-0.1, -0.05) is 41.9 Å². The molecule has 0 saturated heterocycles. The highest BCUT2D eigenvalue weighted by atomic mass is 35.5. The van der Waals surface area contributed by atoms with E-state index in [1.807, 2.05) is 24.3 Å². The molecule has 0 radical (unpaired) electrons. The van der Waals surface area contributed by atoms with Gasteiger partial charge in [0.05, 0.1) is 24.6 Å². The first-order chi connectivity index (χ1) is 18.4. The molecule has 0 aliphatic carbocycles. The molecule has 38 heavy (non-hydrogen) atoms. The Kier molecular flexibility index (Phi) is 9.51. The van der Waals surface area contributed by atoms with Crippen molar-refractivity contribution in [1.82, 2.24) is 4.90 Å². The molecule has 198 valence electrons. The summed E-state index contributed by atoms with van der Waals surface area (Å²) in [5.41, 5.74) is 1.67. The maximum absolute atomic E-state index is 12.8. The Labute approximate surface area is 230 Å². The Bertz CT molecular complexity index is 1290. The van der Waals surface area contributed by atoms with Gasteiger partial charge in [-0.3, -0.25) is 14.5 Å². The smallest absolute Gasteiger partial charge is 0.416 e. The number of ether oxygens (including phenoxy) is 3. The summed E-state index contributed by atoms with van der Waals surface area (Å²) in [7, 11) is 0. The highest BCUT2D eigenvalue weighted by Crippen LogP contribution is 2.34. The Morgan fingerprint density at radius 1 is 1.03 bits per heavy atom. The average molecular weight is 555 g/mol. The first-order valence-corrected chi connectivity index (χ1v) is 13.4. The fraction of sp³-hybridized carbons (Fsp3) is 0.250. The summed E-state index contributed by atoms with van der Waals surface area (Å²) in [6.45, 7) is 2.51. The van der Waals surface area contributed by atoms with E-state index in [0.717, 1.165) is 16.1 Å². The lowest BCUT2D eigenvalue weighted by atomic mass is 10.2. The highest BCUT2D eigenvalue weighted by molar-refractivity contribution is 8.00. The van der Waals surface area contributed by atoms with Crippen LogP contribution in [-0.4, -0.2) is 54.9 Å². The molecule has 4 rings (SSSR count). The number of anilines is 1. The predicted octanol–water partition coefficient (Wildman–Crippen LogP) is 5.42. The zero-order valence-corrected chi connectivity index (χ0v) is 22.4. The lowest BCUT2D eigenvalue weighted by Crippen LogP contribution is -2.38. The molecule has 0 aromatic heterocycles. The van der Waals surface area contributed by atoms with Crippen molar-refractivity contribution in [1.29, 1.82) is 0 Å². The van der Waals surface area contributed by atoms with Crippen molar-refractivity contribution < 1.29 is 28.6 Å². The number of amides is 2. The number of nitrogens with zero attached hydrogens (tertiary/aromatic N) is 2. The van der Waals surface area contributed by atoms with Crippen LogP contribution < -0.4 is 14.4 Å². The number of halogens is 1. The van der Waals surface area contributed by atoms with Crippen molar-refractivity contribution in [3.8, 4) is 11.5 Å². The summed E-state index contributed by atoms with van der Waals surface area (Å²) in [6, 6.07) is 21.4. The number of hydrogen-bond donors (Lipinski definition) is 0. The number of para-hydroxylation sites is 1. The minimum Gasteiger partial charge on any atom is -0.492 e. The molecule has 3 aromatic rings. The summed E-state index contributed by atoms with van der Waals surface area (Å²) in [5, 5.41) is 0.426. The summed E-state index contributed by atoms with van der Waals surface area (Å²) >= 11 is 7.52. The molecular weight excluding hydrogens is 528 g/mol. The zero-order valence-electron chi connectivity index (χ0n) is 20.8. The molecule has 0 N–H and O–H groups in total. The van der Waals surface area contributed by atoms with Gasteiger partial charge in [0.15, 0.2) is 0 Å². The van der Waals surface area contributed by atoms with Gasteiger partial charge in [0.25, 0.3) is 0 Å². The molecule has 10 heteroatoms. The van der Waals surface area contributed by atoms with Gasteiger partial charge in [-0.25, -0.2) is 4.79 Å². The molecule has 0 fully saturated rings. The molecule has 0 unspecified atom stereocenters. The monoisotopic (exact) mass is 554 g/mol. The largest absolute Gasteiger partial charge is 0.492 e. The maximum Gasteiger partial charge on any atom is 0.416 e. The van der Waals surface area contributed by atoms with Crippen molar-refractivity contribution in [2.24, 2.45) is 0 Å². The fourth-order valence-corrected chi connectivity index (χ4v) is 4.92. The van der Waals surface area contributed by atoms with Crippen LogP contribution in [-0.2, 0) is 20.9 Å². The Balaban J connectivity index is 1.35. The lowest BCUT2D eigenvalue weighted by Gasteiger charge is -2.28. The number of hydrogen-bond acceptors (Lipinski definition) is 7. The summed E-state index contributed by atoms with van der Waals surface area (Å²) in [6.07, 6.45) is -0.703. The van der Waals surface area contributed by atoms with Crippen LogP contribution >= 0.6 is 23.4 Å². The molecule has 1 heterocycles. The van der Waals surface area contributed by atoms with E-state index in [1.165, 1.54) is 11.0 Å². The minimum absolute atomic E-state index is 0.0546. The topological polar surface area (TPSA) is 85.4 Å². The number of benzene rings is 3. The second-order valence-corrected chi connectivity index (χ2v) is 9.73. The molecular formula is C28H27ClN2O6S. The molecule has 0 bridgehead atoms. The maximum atomic E-state index is 12.8. The first kappa shape index (κ1) is 27.3. The van der Waals surface area contributed by atoms with Gasteiger partial charge >= 0.3 is 12.1 Å². The SMILES string of the molecule is CCOC(=O)CN(Cc1ccc(OCCN2C(=O)CSc3ccccc32)cc1)C(=O)Oc1cccc(Cl)c1. The second-order valence-electron chi connectivity index (χ2n) is 8.28. The Morgan fingerprint density at radius 3 is 2.58 bits per heavy atom. The number of carbonyl (C=O) groups is 3. The van der Waals surface area contributed by atoms with Gasteiger partial charge in [-0.05, 0) is 55.0 Å². The van der Waals surface area contributed by atoms with E-state index in [-0.39, 0.29) is 31.4 Å². The fourth-order valence-electron chi connectivity index (χ4n) is 3.81. The summed E-state index contributed by atoms with van der Waals surface area (Å²) in [4.78, 5) is 41.5. The average Bonchev–Trinajstić information content (AvgIpc) is 2.90. The molecule has 1 aliphatic heterocycles. The number of fused-ring (bicyclic) bond motifs is 1. The highest BCUT2D eigenvalue weighted by Gasteiger charge is 2.24. The van der Waals surface area contributed by atoms with Gasteiger partial charge < -0.3 is 19.1 Å². The Hall–Kier alpha value is -3.69. The number of thioether (sulfide) groups is 1. The third-order valence-corrected chi connectivity index (χ3v) is 6.86. The summed E-state index contributed by atoms with van der Waals surface area (Å²) in [5.74, 6) is 0.822. The van der Waals surface area contributed by atoms with Crippen molar-refractivity contribution in [2.75, 3.05) is 37.0 Å². The third-order valence-electron chi connectivity index (χ3n) is 5.57. The van der Waals surface area contributed by atoms with Crippen LogP contribution in [0, 0.1) is 0 Å². The van der Waals surface area contributed by atoms with E-state index in [4.69, 9.17) is 25.8 Å².